The summed E-state index contributed by atoms with van der Waals surface area (Å²) in [5, 5.41) is 0. The molecule has 2 aromatic rings. The zero-order valence-electron chi connectivity index (χ0n) is 15.0. The van der Waals surface area contributed by atoms with E-state index in [2.05, 4.69) is 13.2 Å². The molecule has 4 nitrogen and oxygen atoms in total. The van der Waals surface area contributed by atoms with Gasteiger partial charge in [-0.2, -0.15) is 0 Å². The molecular formula is C21H21FO4. The zero-order chi connectivity index (χ0) is 19.7. The Morgan fingerprint density at radius 3 is 2.00 bits per heavy atom. The van der Waals surface area contributed by atoms with E-state index >= 15 is 0 Å². The van der Waals surface area contributed by atoms with Crippen molar-refractivity contribution in [2.45, 2.75) is 13.8 Å². The molecule has 0 aliphatic rings. The number of carbonyl (C=O) groups excluding carboxylic acids is 2. The lowest BCUT2D eigenvalue weighted by atomic mass is 10.1. The monoisotopic (exact) mass is 356 g/mol. The summed E-state index contributed by atoms with van der Waals surface area (Å²) in [5.41, 5.74) is 2.43. The Kier molecular flexibility index (Phi) is 7.96. The summed E-state index contributed by atoms with van der Waals surface area (Å²) in [6, 6.07) is 11.5. The first-order valence-corrected chi connectivity index (χ1v) is 7.70. The van der Waals surface area contributed by atoms with E-state index in [0.29, 0.717) is 22.5 Å². The van der Waals surface area contributed by atoms with Crippen molar-refractivity contribution >= 4 is 12.3 Å². The van der Waals surface area contributed by atoms with Crippen LogP contribution in [0.4, 0.5) is 4.39 Å². The normalized spacial score (nSPS) is 9.38. The predicted molar refractivity (Wildman–Crippen MR) is 99.7 cm³/mol. The predicted octanol–water partition coefficient (Wildman–Crippen LogP) is 4.74. The standard InChI is InChI=1S/C17H15FO3.C4H6O/c1-11(2)17(19)21-14-7-4-12(5-8-14)13-6-9-16(20-3)15(18)10-13;1-4(2)3-5/h4-10H,1H2,2-3H3;3H,1H2,2H3. The van der Waals surface area contributed by atoms with Crippen molar-refractivity contribution in [1.82, 2.24) is 0 Å². The SMILES string of the molecule is C=C(C)C(=O)Oc1ccc(-c2ccc(OC)c(F)c2)cc1.C=C(C)C=O. The molecule has 0 unspecified atom stereocenters. The van der Waals surface area contributed by atoms with E-state index in [1.165, 1.54) is 13.2 Å². The summed E-state index contributed by atoms with van der Waals surface area (Å²) in [5.74, 6) is -0.280. The van der Waals surface area contributed by atoms with Gasteiger partial charge < -0.3 is 9.47 Å². The average molecular weight is 356 g/mol. The van der Waals surface area contributed by atoms with Crippen LogP contribution >= 0.6 is 0 Å². The molecule has 26 heavy (non-hydrogen) atoms. The van der Waals surface area contributed by atoms with Gasteiger partial charge in [-0.3, -0.25) is 4.79 Å². The van der Waals surface area contributed by atoms with Crippen molar-refractivity contribution in [1.29, 1.82) is 0 Å². The lowest BCUT2D eigenvalue weighted by Gasteiger charge is -2.07. The number of esters is 1. The summed E-state index contributed by atoms with van der Waals surface area (Å²) >= 11 is 0. The maximum absolute atomic E-state index is 13.7. The minimum absolute atomic E-state index is 0.200. The van der Waals surface area contributed by atoms with Crippen LogP contribution in [0.3, 0.4) is 0 Å². The second-order valence-corrected chi connectivity index (χ2v) is 5.51. The Balaban J connectivity index is 0.000000597. The number of rotatable bonds is 5. The van der Waals surface area contributed by atoms with Crippen LogP contribution in [0.15, 0.2) is 66.8 Å². The highest BCUT2D eigenvalue weighted by Gasteiger charge is 2.07. The number of allylic oxidation sites excluding steroid dienone is 1. The highest BCUT2D eigenvalue weighted by Crippen LogP contribution is 2.27. The zero-order valence-corrected chi connectivity index (χ0v) is 15.0. The van der Waals surface area contributed by atoms with Crippen LogP contribution in [0.5, 0.6) is 11.5 Å². The Hall–Kier alpha value is -3.21. The van der Waals surface area contributed by atoms with Crippen molar-refractivity contribution in [3.8, 4) is 22.6 Å². The fourth-order valence-corrected chi connectivity index (χ4v) is 1.76. The van der Waals surface area contributed by atoms with Crippen molar-refractivity contribution in [3.05, 3.63) is 72.6 Å². The number of halogens is 1. The van der Waals surface area contributed by atoms with Crippen LogP contribution in [0.1, 0.15) is 13.8 Å². The molecule has 0 atom stereocenters. The van der Waals surface area contributed by atoms with Gasteiger partial charge in [-0.05, 0) is 54.8 Å². The summed E-state index contributed by atoms with van der Waals surface area (Å²) in [6.45, 7) is 10.1. The highest BCUT2D eigenvalue weighted by atomic mass is 19.1. The maximum atomic E-state index is 13.7. The lowest BCUT2D eigenvalue weighted by Crippen LogP contribution is -2.07. The average Bonchev–Trinajstić information content (AvgIpc) is 2.62. The van der Waals surface area contributed by atoms with Crippen molar-refractivity contribution in [3.63, 3.8) is 0 Å². The van der Waals surface area contributed by atoms with Gasteiger partial charge in [0.2, 0.25) is 0 Å². The first-order chi connectivity index (χ1) is 12.3. The van der Waals surface area contributed by atoms with Crippen LogP contribution in [0.2, 0.25) is 0 Å². The second kappa shape index (κ2) is 9.93. The molecule has 136 valence electrons. The molecule has 0 aliphatic heterocycles. The van der Waals surface area contributed by atoms with E-state index in [4.69, 9.17) is 9.47 Å². The summed E-state index contributed by atoms with van der Waals surface area (Å²) in [4.78, 5) is 20.8. The third kappa shape index (κ3) is 6.36. The minimum atomic E-state index is -0.474. The Bertz CT molecular complexity index is 807. The van der Waals surface area contributed by atoms with Crippen LogP contribution in [-0.4, -0.2) is 19.4 Å². The van der Waals surface area contributed by atoms with Gasteiger partial charge in [0.05, 0.1) is 7.11 Å². The molecule has 0 saturated heterocycles. The topological polar surface area (TPSA) is 52.6 Å². The Morgan fingerprint density at radius 1 is 1.04 bits per heavy atom. The van der Waals surface area contributed by atoms with E-state index in [-0.39, 0.29) is 5.75 Å². The molecule has 0 aromatic heterocycles. The van der Waals surface area contributed by atoms with Gasteiger partial charge in [-0.1, -0.05) is 31.4 Å². The van der Waals surface area contributed by atoms with Gasteiger partial charge in [0.25, 0.3) is 0 Å². The van der Waals surface area contributed by atoms with E-state index in [1.54, 1.807) is 50.2 Å². The molecule has 0 bridgehead atoms. The molecule has 0 heterocycles. The number of ether oxygens (including phenoxy) is 2. The number of carbonyl (C=O) groups is 2. The number of benzene rings is 2. The molecule has 0 spiro atoms. The van der Waals surface area contributed by atoms with Gasteiger partial charge in [0.1, 0.15) is 12.0 Å². The lowest BCUT2D eigenvalue weighted by molar-refractivity contribution is -0.130. The number of methoxy groups -OCH3 is 1. The molecule has 5 heteroatoms. The fourth-order valence-electron chi connectivity index (χ4n) is 1.76. The largest absolute Gasteiger partial charge is 0.494 e. The van der Waals surface area contributed by atoms with Gasteiger partial charge in [-0.25, -0.2) is 9.18 Å². The first-order valence-electron chi connectivity index (χ1n) is 7.70. The van der Waals surface area contributed by atoms with E-state index in [9.17, 15) is 14.0 Å². The van der Waals surface area contributed by atoms with Crippen LogP contribution < -0.4 is 9.47 Å². The molecule has 0 fully saturated rings. The van der Waals surface area contributed by atoms with Gasteiger partial charge >= 0.3 is 5.97 Å². The smallest absolute Gasteiger partial charge is 0.338 e. The fraction of sp³-hybridized carbons (Fsp3) is 0.143. The quantitative estimate of drug-likeness (QED) is 0.336. The van der Waals surface area contributed by atoms with Crippen LogP contribution in [-0.2, 0) is 9.59 Å². The molecule has 0 saturated carbocycles. The molecule has 2 rings (SSSR count). The van der Waals surface area contributed by atoms with Gasteiger partial charge in [0.15, 0.2) is 11.6 Å². The van der Waals surface area contributed by atoms with Crippen LogP contribution in [0.25, 0.3) is 11.1 Å². The van der Waals surface area contributed by atoms with E-state index in [1.807, 2.05) is 0 Å². The maximum Gasteiger partial charge on any atom is 0.338 e. The summed E-state index contributed by atoms with van der Waals surface area (Å²) < 4.78 is 23.6. The van der Waals surface area contributed by atoms with Crippen molar-refractivity contribution in [2.24, 2.45) is 0 Å². The molecule has 0 radical (unpaired) electrons. The molecule has 2 aromatic carbocycles. The van der Waals surface area contributed by atoms with Crippen molar-refractivity contribution < 1.29 is 23.5 Å². The Morgan fingerprint density at radius 2 is 1.58 bits per heavy atom. The van der Waals surface area contributed by atoms with Gasteiger partial charge in [-0.15, -0.1) is 0 Å². The molecule has 0 aliphatic carbocycles. The minimum Gasteiger partial charge on any atom is -0.494 e. The number of aldehydes is 1. The van der Waals surface area contributed by atoms with Crippen LogP contribution in [0, 0.1) is 5.82 Å². The first kappa shape index (κ1) is 20.8. The number of hydrogen-bond acceptors (Lipinski definition) is 4. The van der Waals surface area contributed by atoms with E-state index in [0.717, 1.165) is 11.8 Å². The second-order valence-electron chi connectivity index (χ2n) is 5.51. The van der Waals surface area contributed by atoms with Gasteiger partial charge in [0, 0.05) is 5.57 Å². The third-order valence-corrected chi connectivity index (χ3v) is 3.10. The highest BCUT2D eigenvalue weighted by molar-refractivity contribution is 5.88. The summed E-state index contributed by atoms with van der Waals surface area (Å²) in [6.07, 6.45) is 0.722. The Labute approximate surface area is 152 Å². The third-order valence-electron chi connectivity index (χ3n) is 3.10. The number of hydrogen-bond donors (Lipinski definition) is 0. The van der Waals surface area contributed by atoms with E-state index < -0.39 is 11.8 Å². The van der Waals surface area contributed by atoms with Crippen molar-refractivity contribution in [2.75, 3.05) is 7.11 Å². The molecule has 0 N–H and O–H groups in total. The molecular weight excluding hydrogens is 335 g/mol. The molecule has 0 amide bonds. The summed E-state index contributed by atoms with van der Waals surface area (Å²) in [7, 11) is 1.42.